The molecule has 0 bridgehead atoms. The number of aliphatic hydroxyl groups excluding tert-OH is 1. The molecule has 1 amide bonds. The molecule has 4 rings (SSSR count). The van der Waals surface area contributed by atoms with Gasteiger partial charge in [-0.3, -0.25) is 9.69 Å². The SMILES string of the molecule is C[C@@H](O)[C@H]1C(=O)N2C(C(=O)O)=C(SC3CN([C@@H]4CCC[C@H](N)C4)C3)[C@H](C)[C@H]12. The lowest BCUT2D eigenvalue weighted by Gasteiger charge is -2.47. The summed E-state index contributed by atoms with van der Waals surface area (Å²) in [4.78, 5) is 28.9. The zero-order chi connectivity index (χ0) is 19.5. The second kappa shape index (κ2) is 7.06. The second-order valence-electron chi connectivity index (χ2n) is 8.55. The molecule has 0 spiro atoms. The van der Waals surface area contributed by atoms with Crippen molar-refractivity contribution in [1.82, 2.24) is 9.80 Å². The van der Waals surface area contributed by atoms with Crippen LogP contribution in [-0.2, 0) is 9.59 Å². The van der Waals surface area contributed by atoms with Gasteiger partial charge in [0.15, 0.2) is 0 Å². The van der Waals surface area contributed by atoms with Gasteiger partial charge in [-0.15, -0.1) is 11.8 Å². The summed E-state index contributed by atoms with van der Waals surface area (Å²) in [6.45, 7) is 5.48. The summed E-state index contributed by atoms with van der Waals surface area (Å²) in [6.07, 6.45) is 3.80. The molecule has 4 aliphatic rings. The van der Waals surface area contributed by atoms with Gasteiger partial charge in [-0.05, 0) is 26.2 Å². The van der Waals surface area contributed by atoms with Gasteiger partial charge in [0.05, 0.1) is 18.1 Å². The van der Waals surface area contributed by atoms with E-state index in [1.54, 1.807) is 18.7 Å². The van der Waals surface area contributed by atoms with Gasteiger partial charge in [0.25, 0.3) is 0 Å². The molecule has 6 atom stereocenters. The fraction of sp³-hybridized carbons (Fsp3) is 0.789. The number of thioether (sulfide) groups is 1. The largest absolute Gasteiger partial charge is 0.477 e. The van der Waals surface area contributed by atoms with E-state index in [0.717, 1.165) is 30.8 Å². The molecule has 150 valence electrons. The summed E-state index contributed by atoms with van der Waals surface area (Å²) in [7, 11) is 0. The highest BCUT2D eigenvalue weighted by Gasteiger charge is 2.60. The van der Waals surface area contributed by atoms with Crippen LogP contribution in [-0.4, -0.2) is 74.5 Å². The first-order chi connectivity index (χ1) is 12.8. The number of fused-ring (bicyclic) bond motifs is 1. The third-order valence-electron chi connectivity index (χ3n) is 6.68. The summed E-state index contributed by atoms with van der Waals surface area (Å²) in [6, 6.07) is 0.637. The summed E-state index contributed by atoms with van der Waals surface area (Å²) < 4.78 is 0. The fourth-order valence-corrected chi connectivity index (χ4v) is 6.78. The van der Waals surface area contributed by atoms with E-state index in [4.69, 9.17) is 5.73 Å². The van der Waals surface area contributed by atoms with Crippen LogP contribution in [0.4, 0.5) is 0 Å². The van der Waals surface area contributed by atoms with Gasteiger partial charge in [0.2, 0.25) is 5.91 Å². The molecule has 3 fully saturated rings. The lowest BCUT2D eigenvalue weighted by atomic mass is 9.79. The van der Waals surface area contributed by atoms with Crippen LogP contribution in [0, 0.1) is 11.8 Å². The number of amides is 1. The number of carbonyl (C=O) groups excluding carboxylic acids is 1. The molecule has 1 saturated carbocycles. The Morgan fingerprint density at radius 2 is 2.04 bits per heavy atom. The predicted octanol–water partition coefficient (Wildman–Crippen LogP) is 0.827. The van der Waals surface area contributed by atoms with E-state index < -0.39 is 18.0 Å². The highest BCUT2D eigenvalue weighted by atomic mass is 32.2. The number of β-lactam (4-membered cyclic amide) rings is 1. The second-order valence-corrected chi connectivity index (χ2v) is 9.89. The van der Waals surface area contributed by atoms with Crippen molar-refractivity contribution in [3.05, 3.63) is 10.6 Å². The Morgan fingerprint density at radius 3 is 2.63 bits per heavy atom. The summed E-state index contributed by atoms with van der Waals surface area (Å²) in [5.41, 5.74) is 6.24. The minimum Gasteiger partial charge on any atom is -0.477 e. The van der Waals surface area contributed by atoms with E-state index in [1.165, 1.54) is 17.7 Å². The van der Waals surface area contributed by atoms with Crippen molar-refractivity contribution in [2.75, 3.05) is 13.1 Å². The number of aliphatic carboxylic acids is 1. The molecule has 0 aromatic carbocycles. The third-order valence-corrected chi connectivity index (χ3v) is 8.14. The zero-order valence-electron chi connectivity index (χ0n) is 15.9. The van der Waals surface area contributed by atoms with Crippen LogP contribution in [0.25, 0.3) is 0 Å². The number of nitrogens with zero attached hydrogens (tertiary/aromatic N) is 2. The number of carboxylic acids is 1. The maximum absolute atomic E-state index is 12.4. The van der Waals surface area contributed by atoms with E-state index in [1.807, 2.05) is 6.92 Å². The minimum atomic E-state index is -1.04. The molecule has 0 aromatic heterocycles. The van der Waals surface area contributed by atoms with Crippen molar-refractivity contribution in [2.24, 2.45) is 17.6 Å². The van der Waals surface area contributed by atoms with E-state index in [0.29, 0.717) is 17.3 Å². The lowest BCUT2D eigenvalue weighted by Crippen LogP contribution is -2.63. The molecule has 27 heavy (non-hydrogen) atoms. The monoisotopic (exact) mass is 395 g/mol. The number of carboxylic acid groups (broad SMARTS) is 1. The summed E-state index contributed by atoms with van der Waals surface area (Å²) >= 11 is 1.62. The molecule has 8 heteroatoms. The van der Waals surface area contributed by atoms with Crippen molar-refractivity contribution < 1.29 is 19.8 Å². The number of aliphatic hydroxyl groups is 1. The Morgan fingerprint density at radius 1 is 1.33 bits per heavy atom. The van der Waals surface area contributed by atoms with Gasteiger partial charge in [0.1, 0.15) is 5.70 Å². The molecule has 2 saturated heterocycles. The number of likely N-dealkylation sites (tertiary alicyclic amines) is 1. The normalized spacial score (nSPS) is 38.4. The Balaban J connectivity index is 1.43. The van der Waals surface area contributed by atoms with Gasteiger partial charge in [-0.1, -0.05) is 13.3 Å². The highest BCUT2D eigenvalue weighted by molar-refractivity contribution is 8.03. The van der Waals surface area contributed by atoms with Crippen LogP contribution in [0.2, 0.25) is 0 Å². The van der Waals surface area contributed by atoms with Crippen LogP contribution >= 0.6 is 11.8 Å². The highest BCUT2D eigenvalue weighted by Crippen LogP contribution is 2.52. The molecule has 4 N–H and O–H groups in total. The maximum Gasteiger partial charge on any atom is 0.353 e. The van der Waals surface area contributed by atoms with Crippen LogP contribution in [0.5, 0.6) is 0 Å². The summed E-state index contributed by atoms with van der Waals surface area (Å²) in [5.74, 6) is -1.84. The smallest absolute Gasteiger partial charge is 0.353 e. The van der Waals surface area contributed by atoms with Crippen molar-refractivity contribution in [3.8, 4) is 0 Å². The minimum absolute atomic E-state index is 0.0458. The van der Waals surface area contributed by atoms with Gasteiger partial charge in [0, 0.05) is 41.2 Å². The van der Waals surface area contributed by atoms with Gasteiger partial charge < -0.3 is 20.8 Å². The number of rotatable bonds is 5. The number of hydrogen-bond donors (Lipinski definition) is 3. The van der Waals surface area contributed by atoms with Crippen molar-refractivity contribution in [1.29, 1.82) is 0 Å². The van der Waals surface area contributed by atoms with Crippen molar-refractivity contribution >= 4 is 23.6 Å². The van der Waals surface area contributed by atoms with Crippen LogP contribution in [0.3, 0.4) is 0 Å². The van der Waals surface area contributed by atoms with Gasteiger partial charge >= 0.3 is 5.97 Å². The molecule has 0 radical (unpaired) electrons. The molecular weight excluding hydrogens is 366 g/mol. The third kappa shape index (κ3) is 3.10. The Bertz CT molecular complexity index is 676. The molecule has 3 heterocycles. The first-order valence-electron chi connectivity index (χ1n) is 9.94. The fourth-order valence-electron chi connectivity index (χ4n) is 5.23. The number of hydrogen-bond acceptors (Lipinski definition) is 6. The summed E-state index contributed by atoms with van der Waals surface area (Å²) in [5, 5.41) is 20.0. The number of nitrogens with two attached hydrogens (primary N) is 1. The van der Waals surface area contributed by atoms with E-state index in [9.17, 15) is 19.8 Å². The van der Waals surface area contributed by atoms with Crippen molar-refractivity contribution in [2.45, 2.75) is 69.0 Å². The van der Waals surface area contributed by atoms with Gasteiger partial charge in [-0.2, -0.15) is 0 Å². The lowest BCUT2D eigenvalue weighted by molar-refractivity contribution is -0.163. The standard InChI is InChI=1S/C19H29N3O4S/c1-9-15-14(10(2)23)18(24)22(15)16(19(25)26)17(9)27-13-7-21(8-13)12-5-3-4-11(20)6-12/h9-15,23H,3-8,20H2,1-2H3,(H,25,26)/t9-,10-,11+,12-,14-,15-/m1/s1. The molecule has 0 unspecified atom stereocenters. The van der Waals surface area contributed by atoms with Crippen LogP contribution in [0.15, 0.2) is 10.6 Å². The van der Waals surface area contributed by atoms with E-state index in [2.05, 4.69) is 4.90 Å². The van der Waals surface area contributed by atoms with Crippen LogP contribution < -0.4 is 5.73 Å². The zero-order valence-corrected chi connectivity index (χ0v) is 16.7. The molecule has 3 aliphatic heterocycles. The Kier molecular flexibility index (Phi) is 5.03. The van der Waals surface area contributed by atoms with E-state index in [-0.39, 0.29) is 23.6 Å². The number of carbonyl (C=O) groups is 2. The Hall–Kier alpha value is -1.09. The van der Waals surface area contributed by atoms with E-state index >= 15 is 0 Å². The molecular formula is C19H29N3O4S. The average molecular weight is 396 g/mol. The quantitative estimate of drug-likeness (QED) is 0.592. The average Bonchev–Trinajstić information content (AvgIpc) is 2.79. The first kappa shape index (κ1) is 19.2. The first-order valence-corrected chi connectivity index (χ1v) is 10.8. The van der Waals surface area contributed by atoms with Crippen molar-refractivity contribution in [3.63, 3.8) is 0 Å². The molecule has 1 aliphatic carbocycles. The topological polar surface area (TPSA) is 107 Å². The van der Waals surface area contributed by atoms with Crippen LogP contribution in [0.1, 0.15) is 39.5 Å². The molecule has 7 nitrogen and oxygen atoms in total. The maximum atomic E-state index is 12.4. The Labute approximate surface area is 163 Å². The van der Waals surface area contributed by atoms with Gasteiger partial charge in [-0.25, -0.2) is 4.79 Å². The molecule has 0 aromatic rings. The predicted molar refractivity (Wildman–Crippen MR) is 103 cm³/mol.